The molecule has 0 amide bonds. The van der Waals surface area contributed by atoms with Gasteiger partial charge in [-0.15, -0.1) is 0 Å². The van der Waals surface area contributed by atoms with Crippen LogP contribution in [0.1, 0.15) is 20.8 Å². The first-order valence-electron chi connectivity index (χ1n) is 6.15. The minimum atomic E-state index is 0.317. The zero-order chi connectivity index (χ0) is 12.7. The zero-order valence-corrected chi connectivity index (χ0v) is 11.2. The summed E-state index contributed by atoms with van der Waals surface area (Å²) < 4.78 is 10.7. The highest BCUT2D eigenvalue weighted by Gasteiger charge is 2.12. The predicted molar refractivity (Wildman–Crippen MR) is 71.7 cm³/mol. The first kappa shape index (κ1) is 13.8. The maximum atomic E-state index is 5.48. The predicted octanol–water partition coefficient (Wildman–Crippen LogP) is 3.17. The van der Waals surface area contributed by atoms with Gasteiger partial charge in [0.15, 0.2) is 0 Å². The van der Waals surface area contributed by atoms with Crippen LogP contribution >= 0.6 is 0 Å². The Morgan fingerprint density at radius 3 is 2.65 bits per heavy atom. The molecule has 1 aromatic rings. The second-order valence-corrected chi connectivity index (χ2v) is 4.41. The standard InChI is InChI=1S/C14H23NO2/c1-5-17-13-8-6-7-12(9-13)15-14(10-16-4)11(2)3/h6-9,11,14-15H,5,10H2,1-4H3. The Kier molecular flexibility index (Phi) is 5.84. The van der Waals surface area contributed by atoms with Gasteiger partial charge in [-0.2, -0.15) is 0 Å². The van der Waals surface area contributed by atoms with Crippen molar-refractivity contribution in [2.75, 3.05) is 25.6 Å². The van der Waals surface area contributed by atoms with Crippen LogP contribution in [-0.4, -0.2) is 26.4 Å². The number of ether oxygens (including phenoxy) is 2. The van der Waals surface area contributed by atoms with E-state index < -0.39 is 0 Å². The van der Waals surface area contributed by atoms with Crippen molar-refractivity contribution < 1.29 is 9.47 Å². The average molecular weight is 237 g/mol. The largest absolute Gasteiger partial charge is 0.494 e. The minimum absolute atomic E-state index is 0.317. The van der Waals surface area contributed by atoms with E-state index in [2.05, 4.69) is 19.2 Å². The third-order valence-corrected chi connectivity index (χ3v) is 2.65. The second kappa shape index (κ2) is 7.17. The quantitative estimate of drug-likeness (QED) is 0.790. The molecule has 0 aliphatic heterocycles. The van der Waals surface area contributed by atoms with Crippen molar-refractivity contribution in [3.63, 3.8) is 0 Å². The normalized spacial score (nSPS) is 12.5. The van der Waals surface area contributed by atoms with Crippen LogP contribution in [0.25, 0.3) is 0 Å². The van der Waals surface area contributed by atoms with Crippen molar-refractivity contribution in [2.24, 2.45) is 5.92 Å². The maximum absolute atomic E-state index is 5.48. The van der Waals surface area contributed by atoms with E-state index in [1.165, 1.54) is 0 Å². The van der Waals surface area contributed by atoms with Crippen LogP contribution in [0.3, 0.4) is 0 Å². The molecule has 1 aromatic carbocycles. The van der Waals surface area contributed by atoms with Crippen LogP contribution in [0, 0.1) is 5.92 Å². The van der Waals surface area contributed by atoms with Crippen LogP contribution < -0.4 is 10.1 Å². The Morgan fingerprint density at radius 2 is 2.06 bits per heavy atom. The number of hydrogen-bond donors (Lipinski definition) is 1. The molecule has 1 rings (SSSR count). The lowest BCUT2D eigenvalue weighted by atomic mass is 10.1. The molecular weight excluding hydrogens is 214 g/mol. The van der Waals surface area contributed by atoms with Gasteiger partial charge in [-0.3, -0.25) is 0 Å². The highest BCUT2D eigenvalue weighted by Crippen LogP contribution is 2.19. The van der Waals surface area contributed by atoms with E-state index in [9.17, 15) is 0 Å². The Hall–Kier alpha value is -1.22. The molecule has 0 bridgehead atoms. The fraction of sp³-hybridized carbons (Fsp3) is 0.571. The summed E-state index contributed by atoms with van der Waals surface area (Å²) in [5.41, 5.74) is 1.08. The third-order valence-electron chi connectivity index (χ3n) is 2.65. The van der Waals surface area contributed by atoms with Crippen molar-refractivity contribution >= 4 is 5.69 Å². The first-order chi connectivity index (χ1) is 8.17. The van der Waals surface area contributed by atoms with Gasteiger partial charge in [-0.1, -0.05) is 19.9 Å². The van der Waals surface area contributed by atoms with Crippen molar-refractivity contribution in [1.82, 2.24) is 0 Å². The summed E-state index contributed by atoms with van der Waals surface area (Å²) in [6.45, 7) is 7.75. The van der Waals surface area contributed by atoms with E-state index in [-0.39, 0.29) is 0 Å². The van der Waals surface area contributed by atoms with Crippen molar-refractivity contribution in [2.45, 2.75) is 26.8 Å². The number of nitrogens with one attached hydrogen (secondary N) is 1. The highest BCUT2D eigenvalue weighted by molar-refractivity contribution is 5.49. The molecule has 96 valence electrons. The monoisotopic (exact) mass is 237 g/mol. The molecule has 0 aliphatic rings. The van der Waals surface area contributed by atoms with E-state index in [1.807, 2.05) is 31.2 Å². The van der Waals surface area contributed by atoms with Gasteiger partial charge in [0.25, 0.3) is 0 Å². The molecule has 1 unspecified atom stereocenters. The minimum Gasteiger partial charge on any atom is -0.494 e. The van der Waals surface area contributed by atoms with E-state index in [1.54, 1.807) is 7.11 Å². The molecule has 0 aliphatic carbocycles. The van der Waals surface area contributed by atoms with Crippen molar-refractivity contribution in [1.29, 1.82) is 0 Å². The number of benzene rings is 1. The smallest absolute Gasteiger partial charge is 0.121 e. The molecule has 0 saturated heterocycles. The van der Waals surface area contributed by atoms with Crippen LogP contribution in [-0.2, 0) is 4.74 Å². The summed E-state index contributed by atoms with van der Waals surface area (Å²) >= 11 is 0. The summed E-state index contributed by atoms with van der Waals surface area (Å²) in [4.78, 5) is 0. The van der Waals surface area contributed by atoms with Gasteiger partial charge in [0.2, 0.25) is 0 Å². The van der Waals surface area contributed by atoms with E-state index in [0.717, 1.165) is 11.4 Å². The zero-order valence-electron chi connectivity index (χ0n) is 11.2. The highest BCUT2D eigenvalue weighted by atomic mass is 16.5. The molecule has 0 spiro atoms. The van der Waals surface area contributed by atoms with E-state index >= 15 is 0 Å². The SMILES string of the molecule is CCOc1cccc(NC(COC)C(C)C)c1. The van der Waals surface area contributed by atoms with E-state index in [0.29, 0.717) is 25.2 Å². The molecule has 3 nitrogen and oxygen atoms in total. The van der Waals surface area contributed by atoms with Crippen molar-refractivity contribution in [3.8, 4) is 5.75 Å². The van der Waals surface area contributed by atoms with Gasteiger partial charge in [0.1, 0.15) is 5.75 Å². The molecule has 3 heteroatoms. The Morgan fingerprint density at radius 1 is 1.29 bits per heavy atom. The van der Waals surface area contributed by atoms with Gasteiger partial charge in [-0.05, 0) is 25.0 Å². The Bertz CT molecular complexity index is 326. The summed E-state index contributed by atoms with van der Waals surface area (Å²) in [7, 11) is 1.73. The number of anilines is 1. The van der Waals surface area contributed by atoms with Crippen LogP contribution in [0.15, 0.2) is 24.3 Å². The summed E-state index contributed by atoms with van der Waals surface area (Å²) in [6.07, 6.45) is 0. The van der Waals surface area contributed by atoms with Gasteiger partial charge in [0, 0.05) is 18.9 Å². The fourth-order valence-electron chi connectivity index (χ4n) is 1.64. The van der Waals surface area contributed by atoms with Crippen molar-refractivity contribution in [3.05, 3.63) is 24.3 Å². The van der Waals surface area contributed by atoms with Gasteiger partial charge < -0.3 is 14.8 Å². The summed E-state index contributed by atoms with van der Waals surface area (Å²) in [6, 6.07) is 8.35. The molecule has 1 N–H and O–H groups in total. The maximum Gasteiger partial charge on any atom is 0.121 e. The molecule has 17 heavy (non-hydrogen) atoms. The molecular formula is C14H23NO2. The van der Waals surface area contributed by atoms with Crippen LogP contribution in [0.4, 0.5) is 5.69 Å². The van der Waals surface area contributed by atoms with Gasteiger partial charge in [-0.25, -0.2) is 0 Å². The average Bonchev–Trinajstić information content (AvgIpc) is 2.29. The van der Waals surface area contributed by atoms with Gasteiger partial charge >= 0.3 is 0 Å². The lowest BCUT2D eigenvalue weighted by molar-refractivity contribution is 0.171. The van der Waals surface area contributed by atoms with Gasteiger partial charge in [0.05, 0.1) is 19.3 Å². The molecule has 0 aromatic heterocycles. The number of methoxy groups -OCH3 is 1. The molecule has 0 fully saturated rings. The second-order valence-electron chi connectivity index (χ2n) is 4.41. The Labute approximate surface area is 104 Å². The number of hydrogen-bond acceptors (Lipinski definition) is 3. The van der Waals surface area contributed by atoms with Crippen LogP contribution in [0.2, 0.25) is 0 Å². The summed E-state index contributed by atoms with van der Waals surface area (Å²) in [5.74, 6) is 1.42. The molecule has 0 saturated carbocycles. The lowest BCUT2D eigenvalue weighted by Gasteiger charge is -2.23. The number of rotatable bonds is 7. The molecule has 1 atom stereocenters. The topological polar surface area (TPSA) is 30.5 Å². The molecule has 0 radical (unpaired) electrons. The molecule has 0 heterocycles. The first-order valence-corrected chi connectivity index (χ1v) is 6.15. The van der Waals surface area contributed by atoms with E-state index in [4.69, 9.17) is 9.47 Å². The lowest BCUT2D eigenvalue weighted by Crippen LogP contribution is -2.30. The Balaban J connectivity index is 2.68. The van der Waals surface area contributed by atoms with Crippen LogP contribution in [0.5, 0.6) is 5.75 Å². The fourth-order valence-corrected chi connectivity index (χ4v) is 1.64. The third kappa shape index (κ3) is 4.65. The summed E-state index contributed by atoms with van der Waals surface area (Å²) in [5, 5.41) is 3.47.